The first-order chi connectivity index (χ1) is 17.8. The van der Waals surface area contributed by atoms with Gasteiger partial charge in [-0.1, -0.05) is 64.2 Å². The second kappa shape index (κ2) is 9.81. The molecular weight excluding hydrogens is 440 g/mol. The molecule has 6 aliphatic carbocycles. The van der Waals surface area contributed by atoms with Crippen molar-refractivity contribution in [3.05, 3.63) is 0 Å². The van der Waals surface area contributed by atoms with E-state index in [1.807, 2.05) is 0 Å². The van der Waals surface area contributed by atoms with Crippen LogP contribution in [0, 0.1) is 53.3 Å². The predicted molar refractivity (Wildman–Crippen MR) is 145 cm³/mol. The Bertz CT molecular complexity index is 780. The highest BCUT2D eigenvalue weighted by molar-refractivity contribution is 5.11. The Morgan fingerprint density at radius 2 is 1.06 bits per heavy atom. The zero-order valence-corrected chi connectivity index (χ0v) is 22.9. The minimum Gasteiger partial charge on any atom is -0.374 e. The average Bonchev–Trinajstić information content (AvgIpc) is 3.51. The molecule has 0 amide bonds. The van der Waals surface area contributed by atoms with Gasteiger partial charge in [-0.05, 0) is 111 Å². The summed E-state index contributed by atoms with van der Waals surface area (Å²) in [4.78, 5) is 0. The lowest BCUT2D eigenvalue weighted by molar-refractivity contribution is -0.0872. The maximum atomic E-state index is 6.99. The van der Waals surface area contributed by atoms with Gasteiger partial charge in [-0.2, -0.15) is 0 Å². The molecule has 2 heterocycles. The molecule has 13 atom stereocenters. The van der Waals surface area contributed by atoms with E-state index in [2.05, 4.69) is 10.6 Å². The van der Waals surface area contributed by atoms with Crippen LogP contribution in [-0.2, 0) is 4.74 Å². The molecule has 2 aliphatic heterocycles. The molecule has 0 aromatic heterocycles. The molecule has 6 saturated carbocycles. The van der Waals surface area contributed by atoms with Crippen LogP contribution in [-0.4, -0.2) is 30.5 Å². The Hall–Kier alpha value is -0.120. The van der Waals surface area contributed by atoms with E-state index in [-0.39, 0.29) is 0 Å². The third-order valence-electron chi connectivity index (χ3n) is 13.7. The molecule has 0 spiro atoms. The van der Waals surface area contributed by atoms with E-state index >= 15 is 0 Å². The monoisotopic (exact) mass is 494 g/mol. The quantitative estimate of drug-likeness (QED) is 0.431. The first-order valence-corrected chi connectivity index (χ1v) is 17.0. The highest BCUT2D eigenvalue weighted by Gasteiger charge is 2.58. The minimum atomic E-state index is 0.577. The fourth-order valence-corrected chi connectivity index (χ4v) is 12.3. The summed E-state index contributed by atoms with van der Waals surface area (Å²) < 4.78 is 6.99. The summed E-state index contributed by atoms with van der Waals surface area (Å²) in [6, 6.07) is 1.62. The number of nitrogens with one attached hydrogen (secondary N) is 2. The Balaban J connectivity index is 1.10. The molecule has 3 nitrogen and oxygen atoms in total. The van der Waals surface area contributed by atoms with Gasteiger partial charge in [0.2, 0.25) is 0 Å². The van der Waals surface area contributed by atoms with E-state index in [0.29, 0.717) is 18.4 Å². The molecule has 202 valence electrons. The van der Waals surface area contributed by atoms with E-state index in [4.69, 9.17) is 4.74 Å². The van der Waals surface area contributed by atoms with E-state index in [9.17, 15) is 0 Å². The summed E-state index contributed by atoms with van der Waals surface area (Å²) >= 11 is 0. The van der Waals surface area contributed by atoms with Crippen LogP contribution in [0.3, 0.4) is 0 Å². The predicted octanol–water partition coefficient (Wildman–Crippen LogP) is 7.05. The standard InChI is InChI=1S/C33H54N2O/c1-2-10-20(11-3-1)30-28-18-21-12-4-5-13-22(21)31(28)35-33(34-30)27-19-26-24-15-8-9-17-29(24)36-32(26)25-16-7-6-14-23(25)27/h20-35H,1-19H2. The molecule has 36 heavy (non-hydrogen) atoms. The van der Waals surface area contributed by atoms with Crippen molar-refractivity contribution < 1.29 is 4.74 Å². The summed E-state index contributed by atoms with van der Waals surface area (Å²) in [5, 5.41) is 8.99. The summed E-state index contributed by atoms with van der Waals surface area (Å²) in [6.07, 6.45) is 29.9. The molecule has 3 heteroatoms. The number of hydrogen-bond donors (Lipinski definition) is 2. The molecule has 0 radical (unpaired) electrons. The Labute approximate surface area is 221 Å². The van der Waals surface area contributed by atoms with Crippen LogP contribution in [0.5, 0.6) is 0 Å². The van der Waals surface area contributed by atoms with Crippen LogP contribution in [0.15, 0.2) is 0 Å². The van der Waals surface area contributed by atoms with Crippen molar-refractivity contribution in [1.29, 1.82) is 0 Å². The fraction of sp³-hybridized carbons (Fsp3) is 1.00. The molecule has 0 bridgehead atoms. The van der Waals surface area contributed by atoms with Gasteiger partial charge in [-0.3, -0.25) is 10.6 Å². The van der Waals surface area contributed by atoms with Gasteiger partial charge in [0, 0.05) is 12.1 Å². The third kappa shape index (κ3) is 3.90. The van der Waals surface area contributed by atoms with Crippen molar-refractivity contribution >= 4 is 0 Å². The highest BCUT2D eigenvalue weighted by atomic mass is 16.5. The number of rotatable bonds is 2. The van der Waals surface area contributed by atoms with E-state index < -0.39 is 0 Å². The van der Waals surface area contributed by atoms with Crippen molar-refractivity contribution in [2.45, 2.75) is 152 Å². The molecule has 13 unspecified atom stereocenters. The molecular formula is C33H54N2O. The summed E-state index contributed by atoms with van der Waals surface area (Å²) in [7, 11) is 0. The maximum Gasteiger partial charge on any atom is 0.0641 e. The van der Waals surface area contributed by atoms with Gasteiger partial charge in [0.25, 0.3) is 0 Å². The number of fused-ring (bicyclic) bond motifs is 8. The molecule has 0 aromatic rings. The van der Waals surface area contributed by atoms with Gasteiger partial charge in [0.05, 0.1) is 18.4 Å². The lowest BCUT2D eigenvalue weighted by Crippen LogP contribution is -2.69. The first-order valence-electron chi connectivity index (χ1n) is 17.0. The van der Waals surface area contributed by atoms with Crippen molar-refractivity contribution in [2.75, 3.05) is 0 Å². The second-order valence-electron chi connectivity index (χ2n) is 15.1. The molecule has 2 N–H and O–H groups in total. The van der Waals surface area contributed by atoms with Crippen LogP contribution < -0.4 is 10.6 Å². The number of hydrogen-bond acceptors (Lipinski definition) is 3. The fourth-order valence-electron chi connectivity index (χ4n) is 12.3. The zero-order valence-electron chi connectivity index (χ0n) is 22.9. The summed E-state index contributed by atoms with van der Waals surface area (Å²) in [6.45, 7) is 0. The maximum absolute atomic E-state index is 6.99. The van der Waals surface area contributed by atoms with Gasteiger partial charge in [-0.15, -0.1) is 0 Å². The number of ether oxygens (including phenoxy) is 1. The van der Waals surface area contributed by atoms with Crippen LogP contribution in [0.25, 0.3) is 0 Å². The Morgan fingerprint density at radius 1 is 0.417 bits per heavy atom. The van der Waals surface area contributed by atoms with E-state index in [1.54, 1.807) is 0 Å². The van der Waals surface area contributed by atoms with Crippen molar-refractivity contribution in [2.24, 2.45) is 53.3 Å². The van der Waals surface area contributed by atoms with Crippen LogP contribution in [0.1, 0.15) is 122 Å². The third-order valence-corrected chi connectivity index (χ3v) is 13.7. The van der Waals surface area contributed by atoms with Gasteiger partial charge in [0.1, 0.15) is 0 Å². The zero-order chi connectivity index (χ0) is 23.6. The topological polar surface area (TPSA) is 33.3 Å². The lowest BCUT2D eigenvalue weighted by atomic mass is 9.57. The molecule has 8 fully saturated rings. The SMILES string of the molecule is C1CCC(C2NC(C3CC4C5CCCCC5OC4C4CCCCC34)NC3C4CCCCC4CC23)CC1. The Kier molecular flexibility index (Phi) is 6.47. The Morgan fingerprint density at radius 3 is 1.92 bits per heavy atom. The van der Waals surface area contributed by atoms with Gasteiger partial charge < -0.3 is 4.74 Å². The summed E-state index contributed by atoms with van der Waals surface area (Å²) in [5.41, 5.74) is 0. The summed E-state index contributed by atoms with van der Waals surface area (Å²) in [5.74, 6) is 8.21. The van der Waals surface area contributed by atoms with Gasteiger partial charge in [0.15, 0.2) is 0 Å². The minimum absolute atomic E-state index is 0.577. The lowest BCUT2D eigenvalue weighted by Gasteiger charge is -2.54. The largest absolute Gasteiger partial charge is 0.374 e. The molecule has 0 aromatic carbocycles. The van der Waals surface area contributed by atoms with E-state index in [0.717, 1.165) is 65.3 Å². The smallest absolute Gasteiger partial charge is 0.0641 e. The van der Waals surface area contributed by atoms with E-state index in [1.165, 1.54) is 122 Å². The molecule has 2 saturated heterocycles. The second-order valence-corrected chi connectivity index (χ2v) is 15.1. The average molecular weight is 495 g/mol. The van der Waals surface area contributed by atoms with Crippen molar-refractivity contribution in [1.82, 2.24) is 10.6 Å². The van der Waals surface area contributed by atoms with Crippen LogP contribution >= 0.6 is 0 Å². The van der Waals surface area contributed by atoms with Crippen molar-refractivity contribution in [3.63, 3.8) is 0 Å². The highest BCUT2D eigenvalue weighted by Crippen LogP contribution is 2.57. The molecule has 8 aliphatic rings. The van der Waals surface area contributed by atoms with Crippen LogP contribution in [0.4, 0.5) is 0 Å². The normalized spacial score (nSPS) is 55.2. The molecule has 8 rings (SSSR count). The van der Waals surface area contributed by atoms with Crippen molar-refractivity contribution in [3.8, 4) is 0 Å². The van der Waals surface area contributed by atoms with Gasteiger partial charge in [-0.25, -0.2) is 0 Å². The van der Waals surface area contributed by atoms with Crippen LogP contribution in [0.2, 0.25) is 0 Å². The van der Waals surface area contributed by atoms with Gasteiger partial charge >= 0.3 is 0 Å². The first kappa shape index (κ1) is 23.7.